The molecule has 0 saturated heterocycles. The van der Waals surface area contributed by atoms with Gasteiger partial charge in [-0.15, -0.1) is 7.05 Å². The van der Waals surface area contributed by atoms with Gasteiger partial charge in [0.15, 0.2) is 0 Å². The van der Waals surface area contributed by atoms with E-state index in [9.17, 15) is 5.16 Å². The molecule has 0 heterocycles. The molecular formula is C18H15LiNP. The third-order valence-electron chi connectivity index (χ3n) is 3.39. The van der Waals surface area contributed by atoms with Gasteiger partial charge in [-0.2, -0.15) is 0 Å². The minimum Gasteiger partial charge on any atom is -0.797 e. The molecule has 0 aliphatic carbocycles. The molecule has 3 aromatic carbocycles. The Morgan fingerprint density at radius 3 is 0.952 bits per heavy atom. The van der Waals surface area contributed by atoms with Crippen LogP contribution in [0.5, 0.6) is 0 Å². The summed E-state index contributed by atoms with van der Waals surface area (Å²) in [5.74, 6) is 0. The van der Waals surface area contributed by atoms with Crippen LogP contribution < -0.4 is 34.8 Å². The van der Waals surface area contributed by atoms with Crippen LogP contribution in [-0.2, 0) is 0 Å². The summed E-state index contributed by atoms with van der Waals surface area (Å²) in [5.41, 5.74) is 0. The fraction of sp³-hybridized carbons (Fsp3) is 0. The van der Waals surface area contributed by atoms with Crippen molar-refractivity contribution >= 4 is 23.0 Å². The maximum absolute atomic E-state index is 11.5. The van der Waals surface area contributed by atoms with Crippen LogP contribution in [0.25, 0.3) is 5.16 Å². The molecule has 0 N–H and O–H groups in total. The Balaban J connectivity index is 0.00000161. The number of hydrogen-bond acceptors (Lipinski definition) is 0. The van der Waals surface area contributed by atoms with Crippen LogP contribution in [0.15, 0.2) is 91.0 Å². The first-order valence-electron chi connectivity index (χ1n) is 6.60. The molecule has 0 amide bonds. The predicted molar refractivity (Wildman–Crippen MR) is 88.5 cm³/mol. The fourth-order valence-electron chi connectivity index (χ4n) is 2.38. The monoisotopic (exact) mass is 283 g/mol. The molecule has 21 heavy (non-hydrogen) atoms. The van der Waals surface area contributed by atoms with Gasteiger partial charge < -0.3 is 5.16 Å². The molecule has 0 saturated carbocycles. The van der Waals surface area contributed by atoms with Crippen LogP contribution in [0.1, 0.15) is 0 Å². The molecule has 0 unspecified atom stereocenters. The Morgan fingerprint density at radius 1 is 0.476 bits per heavy atom. The Bertz CT molecular complexity index is 624. The summed E-state index contributed by atoms with van der Waals surface area (Å²) >= 11 is 0. The molecule has 0 aliphatic heterocycles. The van der Waals surface area contributed by atoms with Crippen LogP contribution in [-0.4, -0.2) is 0 Å². The average molecular weight is 283 g/mol. The van der Waals surface area contributed by atoms with E-state index >= 15 is 0 Å². The molecule has 0 radical (unpaired) electrons. The molecule has 0 aliphatic rings. The summed E-state index contributed by atoms with van der Waals surface area (Å²) < 4.78 is 0. The molecule has 3 rings (SSSR count). The predicted octanol–water partition coefficient (Wildman–Crippen LogP) is 0.737. The number of benzene rings is 3. The van der Waals surface area contributed by atoms with E-state index in [-0.39, 0.29) is 18.9 Å². The fourth-order valence-corrected chi connectivity index (χ4v) is 5.08. The number of nitrogens with zero attached hydrogens (tertiary/aromatic N) is 1. The van der Waals surface area contributed by atoms with Gasteiger partial charge in [0, 0.05) is 0 Å². The summed E-state index contributed by atoms with van der Waals surface area (Å²) in [4.78, 5) is 0. The van der Waals surface area contributed by atoms with E-state index in [0.717, 1.165) is 15.9 Å². The first-order chi connectivity index (χ1) is 9.82. The normalized spacial score (nSPS) is 10.7. The topological polar surface area (TPSA) is 22.3 Å². The van der Waals surface area contributed by atoms with Gasteiger partial charge in [-0.3, -0.25) is 0 Å². The molecule has 1 nitrogen and oxygen atoms in total. The molecular weight excluding hydrogens is 268 g/mol. The number of hydrogen-bond donors (Lipinski definition) is 0. The third kappa shape index (κ3) is 3.07. The van der Waals surface area contributed by atoms with Crippen molar-refractivity contribution in [3.8, 4) is 0 Å². The second-order valence-corrected chi connectivity index (χ2v) is 7.46. The Morgan fingerprint density at radius 2 is 0.714 bits per heavy atom. The standard InChI is InChI=1S/C18H15NP.Li/c19-20(16-10-4-1-5-11-16,17-12-6-2-7-13-17)18-14-8-3-9-15-18;/h1-15H;/q-1;+1. The van der Waals surface area contributed by atoms with Crippen molar-refractivity contribution < 1.29 is 18.9 Å². The van der Waals surface area contributed by atoms with Crippen molar-refractivity contribution in [2.24, 2.45) is 0 Å². The molecule has 0 aromatic heterocycles. The first-order valence-corrected chi connectivity index (χ1v) is 8.34. The van der Waals surface area contributed by atoms with Gasteiger partial charge in [0.2, 0.25) is 0 Å². The van der Waals surface area contributed by atoms with E-state index in [2.05, 4.69) is 0 Å². The molecule has 3 heteroatoms. The van der Waals surface area contributed by atoms with Crippen LogP contribution in [0.4, 0.5) is 0 Å². The van der Waals surface area contributed by atoms with Gasteiger partial charge in [-0.1, -0.05) is 91.0 Å². The van der Waals surface area contributed by atoms with E-state index in [0.29, 0.717) is 0 Å². The van der Waals surface area contributed by atoms with Gasteiger partial charge in [0.05, 0.1) is 0 Å². The summed E-state index contributed by atoms with van der Waals surface area (Å²) in [6.45, 7) is 0. The zero-order chi connectivity index (χ0) is 13.8. The van der Waals surface area contributed by atoms with Gasteiger partial charge in [0.25, 0.3) is 0 Å². The first kappa shape index (κ1) is 15.9. The van der Waals surface area contributed by atoms with Crippen LogP contribution >= 0.6 is 7.05 Å². The minimum atomic E-state index is -2.53. The van der Waals surface area contributed by atoms with Gasteiger partial charge in [-0.05, 0) is 15.9 Å². The summed E-state index contributed by atoms with van der Waals surface area (Å²) in [7, 11) is -2.53. The molecule has 0 bridgehead atoms. The van der Waals surface area contributed by atoms with Crippen molar-refractivity contribution in [1.82, 2.24) is 0 Å². The van der Waals surface area contributed by atoms with Crippen LogP contribution in [0.3, 0.4) is 0 Å². The van der Waals surface area contributed by atoms with Crippen molar-refractivity contribution in [3.63, 3.8) is 0 Å². The minimum absolute atomic E-state index is 0. The number of rotatable bonds is 3. The van der Waals surface area contributed by atoms with Gasteiger partial charge >= 0.3 is 18.9 Å². The van der Waals surface area contributed by atoms with E-state index in [1.165, 1.54) is 0 Å². The van der Waals surface area contributed by atoms with Gasteiger partial charge in [0.1, 0.15) is 0 Å². The second-order valence-electron chi connectivity index (χ2n) is 4.64. The van der Waals surface area contributed by atoms with Crippen LogP contribution in [0.2, 0.25) is 0 Å². The van der Waals surface area contributed by atoms with Crippen molar-refractivity contribution in [2.45, 2.75) is 0 Å². The molecule has 0 spiro atoms. The van der Waals surface area contributed by atoms with Crippen molar-refractivity contribution in [1.29, 1.82) is 0 Å². The largest absolute Gasteiger partial charge is 1.00 e. The van der Waals surface area contributed by atoms with E-state index in [1.54, 1.807) is 0 Å². The van der Waals surface area contributed by atoms with E-state index < -0.39 is 7.05 Å². The van der Waals surface area contributed by atoms with Crippen LogP contribution in [0, 0.1) is 0 Å². The SMILES string of the molecule is [Li+].[N-]=P(c1ccccc1)(c1ccccc1)c1ccccc1. The smallest absolute Gasteiger partial charge is 0.797 e. The molecule has 98 valence electrons. The zero-order valence-electron chi connectivity index (χ0n) is 12.1. The van der Waals surface area contributed by atoms with E-state index in [4.69, 9.17) is 0 Å². The Hall–Kier alpha value is -1.51. The Labute approximate surface area is 138 Å². The zero-order valence-corrected chi connectivity index (χ0v) is 12.9. The van der Waals surface area contributed by atoms with Crippen molar-refractivity contribution in [2.75, 3.05) is 0 Å². The maximum Gasteiger partial charge on any atom is 1.00 e. The summed E-state index contributed by atoms with van der Waals surface area (Å²) in [6.07, 6.45) is 0. The average Bonchev–Trinajstić information content (AvgIpc) is 2.56. The maximum atomic E-state index is 11.5. The quantitative estimate of drug-likeness (QED) is 0.500. The molecule has 0 fully saturated rings. The third-order valence-corrected chi connectivity index (χ3v) is 6.53. The summed E-state index contributed by atoms with van der Waals surface area (Å²) in [5, 5.41) is 14.5. The van der Waals surface area contributed by atoms with E-state index in [1.807, 2.05) is 91.0 Å². The molecule has 0 atom stereocenters. The Kier molecular flexibility index (Phi) is 5.26. The second kappa shape index (κ2) is 6.97. The summed E-state index contributed by atoms with van der Waals surface area (Å²) in [6, 6.07) is 29.8. The van der Waals surface area contributed by atoms with Gasteiger partial charge in [-0.25, -0.2) is 0 Å². The molecule has 3 aromatic rings. The van der Waals surface area contributed by atoms with Crippen molar-refractivity contribution in [3.05, 3.63) is 96.2 Å².